The van der Waals surface area contributed by atoms with E-state index in [-0.39, 0.29) is 32.5 Å². The first kappa shape index (κ1) is 29.8. The van der Waals surface area contributed by atoms with E-state index in [0.29, 0.717) is 11.5 Å². The van der Waals surface area contributed by atoms with Crippen molar-refractivity contribution in [3.05, 3.63) is 58.9 Å². The van der Waals surface area contributed by atoms with Crippen LogP contribution in [0.3, 0.4) is 0 Å². The Kier molecular flexibility index (Phi) is 7.45. The highest BCUT2D eigenvalue weighted by Crippen LogP contribution is 2.42. The molecule has 0 unspecified atom stereocenters. The van der Waals surface area contributed by atoms with Crippen LogP contribution in [0.4, 0.5) is 0 Å². The maximum atomic E-state index is 14.0. The normalized spacial score (nSPS) is 18.1. The number of carbonyl (C=O) groups excluding carboxylic acids is 3. The van der Waals surface area contributed by atoms with Crippen molar-refractivity contribution in [2.75, 3.05) is 0 Å². The molecular weight excluding hydrogens is 512 g/mol. The van der Waals surface area contributed by atoms with Gasteiger partial charge in [0.25, 0.3) is 8.32 Å². The van der Waals surface area contributed by atoms with E-state index in [4.69, 9.17) is 13.6 Å². The monoisotopic (exact) mass is 554 g/mol. The predicted molar refractivity (Wildman–Crippen MR) is 156 cm³/mol. The third kappa shape index (κ3) is 5.81. The quantitative estimate of drug-likeness (QED) is 0.158. The van der Waals surface area contributed by atoms with E-state index in [1.807, 2.05) is 6.07 Å². The van der Waals surface area contributed by atoms with E-state index in [1.165, 1.54) is 0 Å². The fourth-order valence-corrected chi connectivity index (χ4v) is 5.57. The van der Waals surface area contributed by atoms with Crippen molar-refractivity contribution in [1.29, 1.82) is 0 Å². The second-order valence-corrected chi connectivity index (χ2v) is 23.2. The van der Waals surface area contributed by atoms with Crippen LogP contribution in [-0.4, -0.2) is 39.6 Å². The molecule has 0 aromatic heterocycles. The van der Waals surface area contributed by atoms with E-state index in [9.17, 15) is 14.4 Å². The van der Waals surface area contributed by atoms with E-state index in [2.05, 4.69) is 67.7 Å². The molecule has 206 valence electrons. The van der Waals surface area contributed by atoms with Crippen molar-refractivity contribution < 1.29 is 28.0 Å². The SMILES string of the molecule is CC1(C)C=CC2=C(O1)C(=O)C=C(C(=O)c1cc(O[Si](C)(C)C(C)(C)C)ccc1O[Si](C)(C)C(C)(C)C)C2=O. The predicted octanol–water partition coefficient (Wildman–Crippen LogP) is 7.33. The summed E-state index contributed by atoms with van der Waals surface area (Å²) >= 11 is 0. The summed E-state index contributed by atoms with van der Waals surface area (Å²) in [4.78, 5) is 40.4. The Morgan fingerprint density at radius 2 is 1.45 bits per heavy atom. The van der Waals surface area contributed by atoms with Gasteiger partial charge in [-0.05, 0) is 80.5 Å². The molecule has 38 heavy (non-hydrogen) atoms. The van der Waals surface area contributed by atoms with E-state index in [0.717, 1.165) is 6.08 Å². The first-order chi connectivity index (χ1) is 17.1. The molecule has 3 rings (SSSR count). The molecule has 0 fully saturated rings. The first-order valence-electron chi connectivity index (χ1n) is 13.1. The largest absolute Gasteiger partial charge is 0.543 e. The summed E-state index contributed by atoms with van der Waals surface area (Å²) in [5.41, 5.74) is -0.612. The maximum absolute atomic E-state index is 14.0. The van der Waals surface area contributed by atoms with Gasteiger partial charge in [-0.1, -0.05) is 41.5 Å². The Morgan fingerprint density at radius 3 is 2.00 bits per heavy atom. The van der Waals surface area contributed by atoms with Crippen molar-refractivity contribution >= 4 is 34.0 Å². The average Bonchev–Trinajstić information content (AvgIpc) is 2.74. The molecule has 1 heterocycles. The van der Waals surface area contributed by atoms with Gasteiger partial charge in [0.1, 0.15) is 17.1 Å². The summed E-state index contributed by atoms with van der Waals surface area (Å²) in [7, 11) is -4.55. The van der Waals surface area contributed by atoms with Gasteiger partial charge in [0.15, 0.2) is 5.76 Å². The zero-order valence-electron chi connectivity index (χ0n) is 24.9. The van der Waals surface area contributed by atoms with Crippen LogP contribution >= 0.6 is 0 Å². The Bertz CT molecular complexity index is 1280. The summed E-state index contributed by atoms with van der Waals surface area (Å²) in [5.74, 6) is -0.692. The lowest BCUT2D eigenvalue weighted by atomic mass is 9.86. The summed E-state index contributed by atoms with van der Waals surface area (Å²) in [6.45, 7) is 24.8. The van der Waals surface area contributed by atoms with Crippen molar-refractivity contribution in [3.63, 3.8) is 0 Å². The summed E-state index contributed by atoms with van der Waals surface area (Å²) < 4.78 is 18.8. The molecule has 6 nitrogen and oxygen atoms in total. The number of carbonyl (C=O) groups is 3. The van der Waals surface area contributed by atoms with Crippen LogP contribution < -0.4 is 8.85 Å². The van der Waals surface area contributed by atoms with Gasteiger partial charge in [0, 0.05) is 6.08 Å². The number of rotatable bonds is 6. The van der Waals surface area contributed by atoms with Gasteiger partial charge in [-0.15, -0.1) is 0 Å². The zero-order valence-corrected chi connectivity index (χ0v) is 26.9. The topological polar surface area (TPSA) is 78.9 Å². The highest BCUT2D eigenvalue weighted by atomic mass is 28.4. The van der Waals surface area contributed by atoms with Gasteiger partial charge in [0.2, 0.25) is 25.7 Å². The highest BCUT2D eigenvalue weighted by Gasteiger charge is 2.42. The minimum absolute atomic E-state index is 0.0215. The van der Waals surface area contributed by atoms with Crippen LogP contribution in [0.2, 0.25) is 36.3 Å². The molecule has 1 aromatic rings. The molecule has 0 radical (unpaired) electrons. The van der Waals surface area contributed by atoms with E-state index >= 15 is 0 Å². The van der Waals surface area contributed by atoms with Crippen LogP contribution in [-0.2, 0) is 14.3 Å². The number of ether oxygens (including phenoxy) is 1. The Morgan fingerprint density at radius 1 is 0.895 bits per heavy atom. The standard InChI is InChI=1S/C30H42O6Si2/c1-28(2,3)37(9,10)35-19-13-14-24(36-38(11,12)29(4,5)6)21(17-19)26(33)22-18-23(31)27-20(25(22)32)15-16-30(7,8)34-27/h13-18H,1-12H3. The fourth-order valence-electron chi connectivity index (χ4n) is 3.51. The summed E-state index contributed by atoms with van der Waals surface area (Å²) in [6, 6.07) is 5.23. The third-order valence-electron chi connectivity index (χ3n) is 8.04. The van der Waals surface area contributed by atoms with Crippen molar-refractivity contribution in [2.45, 2.75) is 97.3 Å². The summed E-state index contributed by atoms with van der Waals surface area (Å²) in [5, 5.41) is -0.165. The van der Waals surface area contributed by atoms with Gasteiger partial charge >= 0.3 is 0 Å². The van der Waals surface area contributed by atoms with Gasteiger partial charge < -0.3 is 13.6 Å². The zero-order chi connectivity index (χ0) is 29.1. The summed E-state index contributed by atoms with van der Waals surface area (Å²) in [6.07, 6.45) is 4.38. The highest BCUT2D eigenvalue weighted by molar-refractivity contribution is 6.75. The molecule has 1 aromatic carbocycles. The van der Waals surface area contributed by atoms with E-state index in [1.54, 1.807) is 38.1 Å². The van der Waals surface area contributed by atoms with Crippen molar-refractivity contribution in [1.82, 2.24) is 0 Å². The van der Waals surface area contributed by atoms with Crippen molar-refractivity contribution in [3.8, 4) is 11.5 Å². The average molecular weight is 555 g/mol. The molecule has 1 aliphatic carbocycles. The number of hydrogen-bond acceptors (Lipinski definition) is 6. The Hall–Kier alpha value is -2.72. The van der Waals surface area contributed by atoms with Crippen LogP contribution in [0, 0.1) is 0 Å². The molecule has 0 spiro atoms. The van der Waals surface area contributed by atoms with Crippen LogP contribution in [0.1, 0.15) is 65.7 Å². The van der Waals surface area contributed by atoms with Crippen LogP contribution in [0.15, 0.2) is 53.3 Å². The molecule has 0 N–H and O–H groups in total. The maximum Gasteiger partial charge on any atom is 0.250 e. The number of hydrogen-bond donors (Lipinski definition) is 0. The first-order valence-corrected chi connectivity index (χ1v) is 18.9. The van der Waals surface area contributed by atoms with Gasteiger partial charge in [0.05, 0.1) is 16.7 Å². The minimum Gasteiger partial charge on any atom is -0.543 e. The molecule has 0 saturated heterocycles. The number of Topliss-reactive ketones (excluding diaryl/α,β-unsaturated/α-hetero) is 2. The molecule has 0 atom stereocenters. The molecule has 0 bridgehead atoms. The molecule has 2 aliphatic rings. The van der Waals surface area contributed by atoms with Crippen molar-refractivity contribution in [2.24, 2.45) is 0 Å². The van der Waals surface area contributed by atoms with Gasteiger partial charge in [-0.2, -0.15) is 0 Å². The Labute approximate surface area is 229 Å². The number of ketones is 3. The smallest absolute Gasteiger partial charge is 0.250 e. The number of benzene rings is 1. The molecular formula is C30H42O6Si2. The fraction of sp³-hybridized carbons (Fsp3) is 0.500. The van der Waals surface area contributed by atoms with Gasteiger partial charge in [-0.3, -0.25) is 14.4 Å². The lowest BCUT2D eigenvalue weighted by molar-refractivity contribution is -0.119. The van der Waals surface area contributed by atoms with Gasteiger partial charge in [-0.25, -0.2) is 0 Å². The molecule has 0 saturated carbocycles. The lowest BCUT2D eigenvalue weighted by Crippen LogP contribution is -2.44. The molecule has 1 aliphatic heterocycles. The van der Waals surface area contributed by atoms with E-state index < -0.39 is 39.6 Å². The van der Waals surface area contributed by atoms with Crippen LogP contribution in [0.25, 0.3) is 0 Å². The minimum atomic E-state index is -2.34. The second kappa shape index (κ2) is 9.48. The third-order valence-corrected chi connectivity index (χ3v) is 16.7. The van der Waals surface area contributed by atoms with Crippen LogP contribution in [0.5, 0.6) is 11.5 Å². The molecule has 0 amide bonds. The number of allylic oxidation sites excluding steroid dienone is 4. The Balaban J connectivity index is 2.10. The second-order valence-electron chi connectivity index (χ2n) is 13.7. The lowest BCUT2D eigenvalue weighted by Gasteiger charge is -2.38. The molecule has 8 heteroatoms.